The summed E-state index contributed by atoms with van der Waals surface area (Å²) in [5.74, 6) is 0.743. The smallest absolute Gasteiger partial charge is 0.138 e. The van der Waals surface area contributed by atoms with E-state index in [0.717, 1.165) is 21.6 Å². The minimum absolute atomic E-state index is 0.129. The van der Waals surface area contributed by atoms with E-state index in [4.69, 9.17) is 4.74 Å². The fraction of sp³-hybridized carbons (Fsp3) is 0.250. The van der Waals surface area contributed by atoms with Gasteiger partial charge in [-0.05, 0) is 41.9 Å². The third-order valence-electron chi connectivity index (χ3n) is 2.01. The number of hydrogen-bond acceptors (Lipinski definition) is 4. The first-order chi connectivity index (χ1) is 8.15. The highest BCUT2D eigenvalue weighted by Gasteiger charge is 2.04. The van der Waals surface area contributed by atoms with E-state index in [1.54, 1.807) is 12.4 Å². The summed E-state index contributed by atoms with van der Waals surface area (Å²) >= 11 is 3.32. The second-order valence-corrected chi connectivity index (χ2v) is 4.61. The van der Waals surface area contributed by atoms with E-state index in [1.165, 1.54) is 6.33 Å². The third kappa shape index (κ3) is 3.23. The van der Waals surface area contributed by atoms with Gasteiger partial charge in [-0.15, -0.1) is 0 Å². The van der Waals surface area contributed by atoms with E-state index in [-0.39, 0.29) is 6.10 Å². The first-order valence-electron chi connectivity index (χ1n) is 5.25. The average molecular weight is 294 g/mol. The van der Waals surface area contributed by atoms with Gasteiger partial charge in [-0.3, -0.25) is 4.98 Å². The van der Waals surface area contributed by atoms with Gasteiger partial charge < -0.3 is 4.74 Å². The molecule has 0 aliphatic rings. The number of pyridine rings is 1. The molecule has 0 aliphatic carbocycles. The Balaban J connectivity index is 2.33. The minimum atomic E-state index is 0.129. The number of halogens is 1. The number of hydrogen-bond donors (Lipinski definition) is 0. The van der Waals surface area contributed by atoms with Crippen molar-refractivity contribution in [2.24, 2.45) is 0 Å². The maximum atomic E-state index is 5.59. The lowest BCUT2D eigenvalue weighted by Crippen LogP contribution is -2.05. The van der Waals surface area contributed by atoms with E-state index < -0.39 is 0 Å². The lowest BCUT2D eigenvalue weighted by Gasteiger charge is -2.10. The lowest BCUT2D eigenvalue weighted by molar-refractivity contribution is 0.241. The molecule has 0 radical (unpaired) electrons. The molecule has 17 heavy (non-hydrogen) atoms. The molecule has 2 aromatic rings. The molecule has 0 fully saturated rings. The van der Waals surface area contributed by atoms with Crippen LogP contribution in [0.25, 0.3) is 11.3 Å². The normalized spacial score (nSPS) is 10.6. The van der Waals surface area contributed by atoms with Gasteiger partial charge in [0, 0.05) is 11.8 Å². The minimum Gasteiger partial charge on any atom is -0.489 e. The summed E-state index contributed by atoms with van der Waals surface area (Å²) in [5, 5.41) is 0. The molecule has 0 amide bonds. The first kappa shape index (κ1) is 12.0. The summed E-state index contributed by atoms with van der Waals surface area (Å²) in [6.45, 7) is 3.96. The zero-order valence-electron chi connectivity index (χ0n) is 9.59. The Morgan fingerprint density at radius 3 is 2.71 bits per heavy atom. The van der Waals surface area contributed by atoms with Crippen LogP contribution in [0.4, 0.5) is 0 Å². The Bertz CT molecular complexity index is 517. The fourth-order valence-electron chi connectivity index (χ4n) is 1.39. The van der Waals surface area contributed by atoms with Crippen molar-refractivity contribution in [1.29, 1.82) is 0 Å². The molecule has 4 nitrogen and oxygen atoms in total. The SMILES string of the molecule is CC(C)Oc1cncc(-c2cc(Br)ncn2)c1. The summed E-state index contributed by atoms with van der Waals surface area (Å²) in [5.41, 5.74) is 1.72. The highest BCUT2D eigenvalue weighted by atomic mass is 79.9. The van der Waals surface area contributed by atoms with Gasteiger partial charge in [0.1, 0.15) is 16.7 Å². The molecule has 0 N–H and O–H groups in total. The van der Waals surface area contributed by atoms with Gasteiger partial charge in [0.25, 0.3) is 0 Å². The van der Waals surface area contributed by atoms with Gasteiger partial charge >= 0.3 is 0 Å². The van der Waals surface area contributed by atoms with Crippen LogP contribution in [0.2, 0.25) is 0 Å². The monoisotopic (exact) mass is 293 g/mol. The molecule has 0 bridgehead atoms. The van der Waals surface area contributed by atoms with Crippen molar-refractivity contribution in [1.82, 2.24) is 15.0 Å². The molecule has 2 rings (SSSR count). The molecule has 0 aromatic carbocycles. The van der Waals surface area contributed by atoms with Crippen LogP contribution in [0.1, 0.15) is 13.8 Å². The summed E-state index contributed by atoms with van der Waals surface area (Å²) in [4.78, 5) is 12.3. The predicted octanol–water partition coefficient (Wildman–Crippen LogP) is 3.09. The standard InChI is InChI=1S/C12H12BrN3O/c1-8(2)17-10-3-9(5-14-6-10)11-4-12(13)16-7-15-11/h3-8H,1-2H3. The Morgan fingerprint density at radius 1 is 1.18 bits per heavy atom. The van der Waals surface area contributed by atoms with Crippen molar-refractivity contribution >= 4 is 15.9 Å². The van der Waals surface area contributed by atoms with E-state index in [9.17, 15) is 0 Å². The fourth-order valence-corrected chi connectivity index (χ4v) is 1.70. The van der Waals surface area contributed by atoms with Crippen molar-refractivity contribution in [2.45, 2.75) is 20.0 Å². The van der Waals surface area contributed by atoms with Gasteiger partial charge in [-0.25, -0.2) is 9.97 Å². The number of ether oxygens (including phenoxy) is 1. The molecule has 0 aliphatic heterocycles. The molecule has 2 heterocycles. The summed E-state index contributed by atoms with van der Waals surface area (Å²) in [6.07, 6.45) is 5.08. The van der Waals surface area contributed by atoms with E-state index in [2.05, 4.69) is 30.9 Å². The molecule has 2 aromatic heterocycles. The third-order valence-corrected chi connectivity index (χ3v) is 2.45. The van der Waals surface area contributed by atoms with Crippen molar-refractivity contribution in [3.05, 3.63) is 35.5 Å². The van der Waals surface area contributed by atoms with Crippen molar-refractivity contribution < 1.29 is 4.74 Å². The Hall–Kier alpha value is -1.49. The molecule has 0 saturated carbocycles. The van der Waals surface area contributed by atoms with Crippen LogP contribution in [-0.4, -0.2) is 21.1 Å². The molecule has 0 unspecified atom stereocenters. The molecule has 0 saturated heterocycles. The maximum Gasteiger partial charge on any atom is 0.138 e. The van der Waals surface area contributed by atoms with Crippen molar-refractivity contribution in [2.75, 3.05) is 0 Å². The second kappa shape index (κ2) is 5.23. The van der Waals surface area contributed by atoms with E-state index >= 15 is 0 Å². The largest absolute Gasteiger partial charge is 0.489 e. The van der Waals surface area contributed by atoms with Crippen LogP contribution in [0.5, 0.6) is 5.75 Å². The molecular weight excluding hydrogens is 282 g/mol. The zero-order valence-corrected chi connectivity index (χ0v) is 11.2. The second-order valence-electron chi connectivity index (χ2n) is 3.80. The summed E-state index contributed by atoms with van der Waals surface area (Å²) in [7, 11) is 0. The van der Waals surface area contributed by atoms with Crippen LogP contribution in [0.15, 0.2) is 35.5 Å². The molecular formula is C12H12BrN3O. The number of rotatable bonds is 3. The topological polar surface area (TPSA) is 47.9 Å². The Kier molecular flexibility index (Phi) is 3.68. The van der Waals surface area contributed by atoms with E-state index in [1.807, 2.05) is 26.0 Å². The first-order valence-corrected chi connectivity index (χ1v) is 6.04. The van der Waals surface area contributed by atoms with Gasteiger partial charge in [0.05, 0.1) is 18.0 Å². The predicted molar refractivity (Wildman–Crippen MR) is 68.7 cm³/mol. The van der Waals surface area contributed by atoms with Crippen LogP contribution < -0.4 is 4.74 Å². The lowest BCUT2D eigenvalue weighted by atomic mass is 10.2. The highest BCUT2D eigenvalue weighted by molar-refractivity contribution is 9.10. The summed E-state index contributed by atoms with van der Waals surface area (Å²) < 4.78 is 6.34. The van der Waals surface area contributed by atoms with Crippen LogP contribution in [0, 0.1) is 0 Å². The zero-order chi connectivity index (χ0) is 12.3. The highest BCUT2D eigenvalue weighted by Crippen LogP contribution is 2.22. The van der Waals surface area contributed by atoms with Crippen LogP contribution in [-0.2, 0) is 0 Å². The quantitative estimate of drug-likeness (QED) is 0.816. The van der Waals surface area contributed by atoms with Gasteiger partial charge in [-0.1, -0.05) is 0 Å². The van der Waals surface area contributed by atoms with Gasteiger partial charge in [-0.2, -0.15) is 0 Å². The number of aromatic nitrogens is 3. The van der Waals surface area contributed by atoms with Crippen LogP contribution in [0.3, 0.4) is 0 Å². The molecule has 88 valence electrons. The van der Waals surface area contributed by atoms with Crippen molar-refractivity contribution in [3.63, 3.8) is 0 Å². The van der Waals surface area contributed by atoms with Crippen LogP contribution >= 0.6 is 15.9 Å². The van der Waals surface area contributed by atoms with Gasteiger partial charge in [0.15, 0.2) is 0 Å². The molecule has 0 atom stereocenters. The average Bonchev–Trinajstić information content (AvgIpc) is 2.28. The number of nitrogens with zero attached hydrogens (tertiary/aromatic N) is 3. The van der Waals surface area contributed by atoms with Gasteiger partial charge in [0.2, 0.25) is 0 Å². The molecule has 0 spiro atoms. The van der Waals surface area contributed by atoms with Crippen molar-refractivity contribution in [3.8, 4) is 17.0 Å². The Labute approximate surface area is 108 Å². The summed E-state index contributed by atoms with van der Waals surface area (Å²) in [6, 6.07) is 3.76. The van der Waals surface area contributed by atoms with E-state index in [0.29, 0.717) is 0 Å². The molecule has 5 heteroatoms. The Morgan fingerprint density at radius 2 is 2.00 bits per heavy atom. The maximum absolute atomic E-state index is 5.59.